The number of hydrogen-bond acceptors (Lipinski definition) is 5. The van der Waals surface area contributed by atoms with Crippen LogP contribution in [-0.4, -0.2) is 40.3 Å². The van der Waals surface area contributed by atoms with Crippen LogP contribution in [0, 0.1) is 6.92 Å². The number of nitrogens with zero attached hydrogens (tertiary/aromatic N) is 2. The Morgan fingerprint density at radius 1 is 1.28 bits per heavy atom. The number of aromatic nitrogens is 2. The van der Waals surface area contributed by atoms with E-state index in [1.807, 2.05) is 12.1 Å². The standard InChI is InChI=1S/C25H35N3O3S/c1-5-6-7-13-30-20-10-8-18(9-11-20)23-22-17(2)27-28(24(22)26-21(29)16-32-23)19-12-14-31-25(3,4)15-19/h8-11,19,23H,5-7,12-16H2,1-4H3,(H,26,29)/t19-,23-/m1/s1. The fraction of sp³-hybridized carbons (Fsp3) is 0.600. The molecule has 0 bridgehead atoms. The molecule has 2 aliphatic heterocycles. The van der Waals surface area contributed by atoms with Gasteiger partial charge in [0.2, 0.25) is 5.91 Å². The van der Waals surface area contributed by atoms with E-state index in [1.165, 1.54) is 18.4 Å². The maximum absolute atomic E-state index is 12.6. The molecule has 6 nitrogen and oxygen atoms in total. The molecule has 1 amide bonds. The molecule has 0 radical (unpaired) electrons. The first kappa shape index (κ1) is 23.2. The Bertz CT molecular complexity index is 939. The zero-order valence-corrected chi connectivity index (χ0v) is 20.5. The van der Waals surface area contributed by atoms with E-state index in [2.05, 4.69) is 49.8 Å². The van der Waals surface area contributed by atoms with Crippen LogP contribution in [0.2, 0.25) is 0 Å². The minimum atomic E-state index is -0.189. The largest absolute Gasteiger partial charge is 0.494 e. The van der Waals surface area contributed by atoms with Gasteiger partial charge < -0.3 is 14.8 Å². The minimum Gasteiger partial charge on any atom is -0.494 e. The van der Waals surface area contributed by atoms with Gasteiger partial charge in [0.05, 0.1) is 34.9 Å². The summed E-state index contributed by atoms with van der Waals surface area (Å²) < 4.78 is 13.9. The van der Waals surface area contributed by atoms with Crippen LogP contribution < -0.4 is 10.1 Å². The predicted molar refractivity (Wildman–Crippen MR) is 130 cm³/mol. The van der Waals surface area contributed by atoms with Crippen molar-refractivity contribution in [2.24, 2.45) is 0 Å². The normalized spacial score (nSPS) is 22.7. The number of rotatable bonds is 7. The Labute approximate surface area is 195 Å². The monoisotopic (exact) mass is 457 g/mol. The highest BCUT2D eigenvalue weighted by Gasteiger charge is 2.36. The number of carbonyl (C=O) groups is 1. The van der Waals surface area contributed by atoms with Gasteiger partial charge in [-0.25, -0.2) is 4.68 Å². The zero-order valence-electron chi connectivity index (χ0n) is 19.6. The molecular formula is C25H35N3O3S. The first-order valence-electron chi connectivity index (χ1n) is 11.7. The third-order valence-corrected chi connectivity index (χ3v) is 7.52. The lowest BCUT2D eigenvalue weighted by Gasteiger charge is -2.36. The second kappa shape index (κ2) is 9.87. The summed E-state index contributed by atoms with van der Waals surface area (Å²) in [6.07, 6.45) is 5.23. The van der Waals surface area contributed by atoms with E-state index in [0.717, 1.165) is 48.7 Å². The number of carbonyl (C=O) groups excluding carboxylic acids is 1. The lowest BCUT2D eigenvalue weighted by Crippen LogP contribution is -2.36. The number of hydrogen-bond donors (Lipinski definition) is 1. The van der Waals surface area contributed by atoms with Crippen LogP contribution in [0.25, 0.3) is 0 Å². The van der Waals surface area contributed by atoms with Crippen LogP contribution in [0.15, 0.2) is 24.3 Å². The summed E-state index contributed by atoms with van der Waals surface area (Å²) in [6, 6.07) is 8.55. The molecule has 1 aromatic carbocycles. The Hall–Kier alpha value is -1.99. The van der Waals surface area contributed by atoms with Crippen LogP contribution in [0.5, 0.6) is 5.75 Å². The molecule has 1 aromatic heterocycles. The molecule has 0 saturated carbocycles. The molecule has 174 valence electrons. The first-order valence-corrected chi connectivity index (χ1v) is 12.8. The van der Waals surface area contributed by atoms with Gasteiger partial charge in [0.25, 0.3) is 0 Å². The van der Waals surface area contributed by atoms with Gasteiger partial charge in [0.15, 0.2) is 0 Å². The van der Waals surface area contributed by atoms with Gasteiger partial charge in [0, 0.05) is 12.2 Å². The number of benzene rings is 1. The summed E-state index contributed by atoms with van der Waals surface area (Å²) in [5.41, 5.74) is 3.07. The van der Waals surface area contributed by atoms with Crippen molar-refractivity contribution in [2.45, 2.75) is 76.7 Å². The molecule has 7 heteroatoms. The van der Waals surface area contributed by atoms with Crippen molar-refractivity contribution in [3.63, 3.8) is 0 Å². The summed E-state index contributed by atoms with van der Waals surface area (Å²) in [7, 11) is 0. The molecule has 2 aromatic rings. The van der Waals surface area contributed by atoms with Crippen molar-refractivity contribution in [2.75, 3.05) is 24.3 Å². The molecule has 0 unspecified atom stereocenters. The van der Waals surface area contributed by atoms with Gasteiger partial charge in [-0.3, -0.25) is 4.79 Å². The van der Waals surface area contributed by atoms with Gasteiger partial charge in [-0.15, -0.1) is 11.8 Å². The molecule has 4 rings (SSSR count). The summed E-state index contributed by atoms with van der Waals surface area (Å²) in [5.74, 6) is 2.20. The van der Waals surface area contributed by atoms with Crippen molar-refractivity contribution in [3.8, 4) is 5.75 Å². The lowest BCUT2D eigenvalue weighted by molar-refractivity contribution is -0.113. The third kappa shape index (κ3) is 5.15. The van der Waals surface area contributed by atoms with Crippen LogP contribution in [0.3, 0.4) is 0 Å². The number of unbranched alkanes of at least 4 members (excludes halogenated alkanes) is 2. The topological polar surface area (TPSA) is 65.4 Å². The summed E-state index contributed by atoms with van der Waals surface area (Å²) in [5, 5.41) is 8.14. The average Bonchev–Trinajstić information content (AvgIpc) is 2.96. The van der Waals surface area contributed by atoms with E-state index < -0.39 is 0 Å². The van der Waals surface area contributed by atoms with Crippen molar-refractivity contribution >= 4 is 23.5 Å². The van der Waals surface area contributed by atoms with Gasteiger partial charge in [-0.2, -0.15) is 5.10 Å². The molecule has 2 aliphatic rings. The molecule has 1 N–H and O–H groups in total. The fourth-order valence-electron chi connectivity index (χ4n) is 4.63. The second-order valence-corrected chi connectivity index (χ2v) is 10.5. The van der Waals surface area contributed by atoms with E-state index in [4.69, 9.17) is 14.6 Å². The highest BCUT2D eigenvalue weighted by Crippen LogP contribution is 2.45. The maximum atomic E-state index is 12.6. The Morgan fingerprint density at radius 2 is 2.06 bits per heavy atom. The highest BCUT2D eigenvalue weighted by atomic mass is 32.2. The molecule has 32 heavy (non-hydrogen) atoms. The second-order valence-electron chi connectivity index (χ2n) is 9.41. The first-order chi connectivity index (χ1) is 15.4. The summed E-state index contributed by atoms with van der Waals surface area (Å²) >= 11 is 1.66. The molecule has 1 fully saturated rings. The van der Waals surface area contributed by atoms with Crippen LogP contribution >= 0.6 is 11.8 Å². The molecule has 0 aliphatic carbocycles. The molecule has 2 atom stereocenters. The highest BCUT2D eigenvalue weighted by molar-refractivity contribution is 8.00. The Kier molecular flexibility index (Phi) is 7.15. The quantitative estimate of drug-likeness (QED) is 0.543. The number of aryl methyl sites for hydroxylation is 1. The molecular weight excluding hydrogens is 422 g/mol. The smallest absolute Gasteiger partial charge is 0.235 e. The fourth-order valence-corrected chi connectivity index (χ4v) is 5.81. The van der Waals surface area contributed by atoms with Gasteiger partial charge in [-0.1, -0.05) is 31.9 Å². The number of thioether (sulfide) groups is 1. The van der Waals surface area contributed by atoms with E-state index in [-0.39, 0.29) is 22.8 Å². The maximum Gasteiger partial charge on any atom is 0.235 e. The minimum absolute atomic E-state index is 0.0297. The van der Waals surface area contributed by atoms with Crippen LogP contribution in [0.1, 0.15) is 81.0 Å². The number of fused-ring (bicyclic) bond motifs is 1. The average molecular weight is 458 g/mol. The predicted octanol–water partition coefficient (Wildman–Crippen LogP) is 5.67. The van der Waals surface area contributed by atoms with Crippen molar-refractivity contribution in [1.82, 2.24) is 9.78 Å². The summed E-state index contributed by atoms with van der Waals surface area (Å²) in [6.45, 7) is 9.95. The van der Waals surface area contributed by atoms with Gasteiger partial charge in [0.1, 0.15) is 11.6 Å². The molecule has 0 spiro atoms. The number of nitrogens with one attached hydrogen (secondary N) is 1. The van der Waals surface area contributed by atoms with E-state index in [1.54, 1.807) is 11.8 Å². The van der Waals surface area contributed by atoms with Crippen molar-refractivity contribution in [3.05, 3.63) is 41.1 Å². The van der Waals surface area contributed by atoms with Crippen molar-refractivity contribution < 1.29 is 14.3 Å². The number of anilines is 1. The van der Waals surface area contributed by atoms with Crippen LogP contribution in [-0.2, 0) is 9.53 Å². The third-order valence-electron chi connectivity index (χ3n) is 6.25. The van der Waals surface area contributed by atoms with E-state index in [0.29, 0.717) is 12.4 Å². The van der Waals surface area contributed by atoms with E-state index in [9.17, 15) is 4.79 Å². The SMILES string of the molecule is CCCCCOc1ccc([C@H]2SCC(=O)Nc3c2c(C)nn3[C@@H]2CCOC(C)(C)C2)cc1. The van der Waals surface area contributed by atoms with E-state index >= 15 is 0 Å². The summed E-state index contributed by atoms with van der Waals surface area (Å²) in [4.78, 5) is 12.6. The lowest BCUT2D eigenvalue weighted by atomic mass is 9.94. The van der Waals surface area contributed by atoms with Gasteiger partial charge >= 0.3 is 0 Å². The van der Waals surface area contributed by atoms with Crippen LogP contribution in [0.4, 0.5) is 5.82 Å². The Morgan fingerprint density at radius 3 is 2.78 bits per heavy atom. The molecule has 1 saturated heterocycles. The van der Waals surface area contributed by atoms with Crippen molar-refractivity contribution in [1.29, 1.82) is 0 Å². The molecule has 3 heterocycles. The Balaban J connectivity index is 1.61. The number of ether oxygens (including phenoxy) is 2. The number of amides is 1. The zero-order chi connectivity index (χ0) is 22.7. The van der Waals surface area contributed by atoms with Gasteiger partial charge in [-0.05, 0) is 57.7 Å².